The van der Waals surface area contributed by atoms with E-state index in [4.69, 9.17) is 0 Å². The van der Waals surface area contributed by atoms with Crippen LogP contribution in [0.15, 0.2) is 35.0 Å². The maximum Gasteiger partial charge on any atom is 0.223 e. The molecule has 2 saturated heterocycles. The Bertz CT molecular complexity index is 757. The fourth-order valence-electron chi connectivity index (χ4n) is 4.37. The molecule has 0 unspecified atom stereocenters. The van der Waals surface area contributed by atoms with Crippen LogP contribution < -0.4 is 0 Å². The Balaban J connectivity index is 1.32. The lowest BCUT2D eigenvalue weighted by Gasteiger charge is -2.37. The predicted molar refractivity (Wildman–Crippen MR) is 110 cm³/mol. The minimum absolute atomic E-state index is 0.222. The zero-order chi connectivity index (χ0) is 18.6. The first-order chi connectivity index (χ1) is 13.2. The molecular weight excluding hydrogens is 376 g/mol. The minimum atomic E-state index is 0.222. The summed E-state index contributed by atoms with van der Waals surface area (Å²) in [5.41, 5.74) is 0. The average molecular weight is 403 g/mol. The second-order valence-corrected chi connectivity index (χ2v) is 9.58. The first-order valence-corrected chi connectivity index (χ1v) is 11.6. The summed E-state index contributed by atoms with van der Waals surface area (Å²) in [5, 5.41) is 4.12. The van der Waals surface area contributed by atoms with Crippen LogP contribution in [0, 0.1) is 5.92 Å². The van der Waals surface area contributed by atoms with Crippen LogP contribution in [0.2, 0.25) is 0 Å². The normalized spacial score (nSPS) is 22.1. The van der Waals surface area contributed by atoms with E-state index in [1.54, 1.807) is 22.7 Å². The van der Waals surface area contributed by atoms with E-state index in [0.29, 0.717) is 18.8 Å². The van der Waals surface area contributed by atoms with Gasteiger partial charge in [-0.05, 0) is 54.5 Å². The van der Waals surface area contributed by atoms with E-state index in [-0.39, 0.29) is 17.9 Å². The van der Waals surface area contributed by atoms with E-state index < -0.39 is 0 Å². The molecule has 2 amide bonds. The summed E-state index contributed by atoms with van der Waals surface area (Å²) in [7, 11) is 0. The van der Waals surface area contributed by atoms with Crippen molar-refractivity contribution in [2.24, 2.45) is 5.92 Å². The van der Waals surface area contributed by atoms with Crippen molar-refractivity contribution in [2.45, 2.75) is 44.6 Å². The number of carbonyl (C=O) groups is 2. The molecule has 0 aliphatic carbocycles. The minimum Gasteiger partial charge on any atom is -0.340 e. The molecule has 6 heteroatoms. The smallest absolute Gasteiger partial charge is 0.223 e. The molecule has 4 heterocycles. The van der Waals surface area contributed by atoms with Gasteiger partial charge in [-0.2, -0.15) is 0 Å². The quantitative estimate of drug-likeness (QED) is 0.737. The Kier molecular flexibility index (Phi) is 5.93. The Morgan fingerprint density at radius 1 is 0.963 bits per heavy atom. The van der Waals surface area contributed by atoms with E-state index in [1.165, 1.54) is 9.75 Å². The molecular formula is C21H26N2O2S2. The lowest BCUT2D eigenvalue weighted by molar-refractivity contribution is -0.136. The number of thiophene rings is 2. The van der Waals surface area contributed by atoms with Gasteiger partial charge in [-0.1, -0.05) is 12.1 Å². The zero-order valence-electron chi connectivity index (χ0n) is 15.5. The Hall–Kier alpha value is -1.66. The van der Waals surface area contributed by atoms with E-state index in [2.05, 4.69) is 27.8 Å². The van der Waals surface area contributed by atoms with Crippen LogP contribution in [0.5, 0.6) is 0 Å². The summed E-state index contributed by atoms with van der Waals surface area (Å²) < 4.78 is 0. The number of likely N-dealkylation sites (tertiary alicyclic amines) is 2. The van der Waals surface area contributed by atoms with Gasteiger partial charge in [-0.25, -0.2) is 0 Å². The maximum atomic E-state index is 12.8. The van der Waals surface area contributed by atoms with E-state index in [0.717, 1.165) is 45.3 Å². The van der Waals surface area contributed by atoms with Crippen LogP contribution in [0.3, 0.4) is 0 Å². The van der Waals surface area contributed by atoms with Gasteiger partial charge in [-0.15, -0.1) is 22.7 Å². The van der Waals surface area contributed by atoms with Gasteiger partial charge >= 0.3 is 0 Å². The number of rotatable bonds is 6. The third-order valence-electron chi connectivity index (χ3n) is 5.78. The van der Waals surface area contributed by atoms with Gasteiger partial charge in [0.25, 0.3) is 0 Å². The molecule has 4 rings (SSSR count). The predicted octanol–water partition coefficient (Wildman–Crippen LogP) is 3.82. The van der Waals surface area contributed by atoms with Crippen LogP contribution in [-0.2, 0) is 22.4 Å². The number of piperidine rings is 1. The molecule has 2 aromatic heterocycles. The fourth-order valence-corrected chi connectivity index (χ4v) is 5.78. The molecule has 0 saturated carbocycles. The lowest BCUT2D eigenvalue weighted by Crippen LogP contribution is -2.48. The number of nitrogens with zero attached hydrogens (tertiary/aromatic N) is 2. The molecule has 144 valence electrons. The summed E-state index contributed by atoms with van der Waals surface area (Å²) >= 11 is 3.43. The van der Waals surface area contributed by atoms with Gasteiger partial charge in [0.1, 0.15) is 0 Å². The maximum absolute atomic E-state index is 12.8. The average Bonchev–Trinajstić information content (AvgIpc) is 3.44. The highest BCUT2D eigenvalue weighted by Gasteiger charge is 2.41. The number of hydrogen-bond acceptors (Lipinski definition) is 4. The molecule has 0 bridgehead atoms. The second-order valence-electron chi connectivity index (χ2n) is 7.51. The van der Waals surface area contributed by atoms with Gasteiger partial charge < -0.3 is 9.80 Å². The van der Waals surface area contributed by atoms with Crippen molar-refractivity contribution in [3.63, 3.8) is 0 Å². The molecule has 0 spiro atoms. The molecule has 2 aromatic rings. The Morgan fingerprint density at radius 2 is 1.63 bits per heavy atom. The Labute approximate surface area is 168 Å². The van der Waals surface area contributed by atoms with Crippen LogP contribution >= 0.6 is 22.7 Å². The van der Waals surface area contributed by atoms with Crippen molar-refractivity contribution in [2.75, 3.05) is 19.6 Å². The molecule has 0 aromatic carbocycles. The topological polar surface area (TPSA) is 40.6 Å². The lowest BCUT2D eigenvalue weighted by atomic mass is 9.91. The molecule has 2 aliphatic heterocycles. The van der Waals surface area contributed by atoms with Crippen molar-refractivity contribution in [3.8, 4) is 0 Å². The standard InChI is InChI=1S/C21H26N2O2S2/c24-20(9-7-17-5-2-12-26-17)22-14-16-4-1-11-23(19(16)15-22)21(25)10-8-18-6-3-13-27-18/h2-3,5-6,12-13,16,19H,1,4,7-11,14-15H2/t16-,19+/m0/s1. The summed E-state index contributed by atoms with van der Waals surface area (Å²) in [5.74, 6) is 0.949. The summed E-state index contributed by atoms with van der Waals surface area (Å²) in [4.78, 5) is 32.1. The van der Waals surface area contributed by atoms with Crippen molar-refractivity contribution in [1.82, 2.24) is 9.80 Å². The fraction of sp³-hybridized carbons (Fsp3) is 0.524. The van der Waals surface area contributed by atoms with Crippen LogP contribution in [0.25, 0.3) is 0 Å². The molecule has 2 fully saturated rings. The molecule has 2 aliphatic rings. The summed E-state index contributed by atoms with van der Waals surface area (Å²) in [6.45, 7) is 2.39. The highest BCUT2D eigenvalue weighted by Crippen LogP contribution is 2.32. The molecule has 0 radical (unpaired) electrons. The number of aryl methyl sites for hydroxylation is 2. The third kappa shape index (κ3) is 4.43. The molecule has 0 N–H and O–H groups in total. The first kappa shape index (κ1) is 18.7. The van der Waals surface area contributed by atoms with Crippen LogP contribution in [-0.4, -0.2) is 47.3 Å². The number of hydrogen-bond donors (Lipinski definition) is 0. The molecule has 2 atom stereocenters. The van der Waals surface area contributed by atoms with E-state index >= 15 is 0 Å². The molecule has 27 heavy (non-hydrogen) atoms. The number of fused-ring (bicyclic) bond motifs is 1. The van der Waals surface area contributed by atoms with Crippen LogP contribution in [0.4, 0.5) is 0 Å². The summed E-state index contributed by atoms with van der Waals surface area (Å²) in [6, 6.07) is 8.49. The van der Waals surface area contributed by atoms with E-state index in [9.17, 15) is 9.59 Å². The third-order valence-corrected chi connectivity index (χ3v) is 7.66. The SMILES string of the molecule is O=C(CCc1cccs1)N1C[C@@H]2CCCN(C(=O)CCc3cccs3)[C@@H]2C1. The van der Waals surface area contributed by atoms with Crippen LogP contribution in [0.1, 0.15) is 35.4 Å². The van der Waals surface area contributed by atoms with Gasteiger partial charge in [-0.3, -0.25) is 9.59 Å². The first-order valence-electron chi connectivity index (χ1n) is 9.82. The second kappa shape index (κ2) is 8.57. The van der Waals surface area contributed by atoms with Gasteiger partial charge in [0.15, 0.2) is 0 Å². The van der Waals surface area contributed by atoms with Crippen molar-refractivity contribution in [3.05, 3.63) is 44.8 Å². The Morgan fingerprint density at radius 3 is 2.26 bits per heavy atom. The number of amides is 2. The zero-order valence-corrected chi connectivity index (χ0v) is 17.1. The van der Waals surface area contributed by atoms with Crippen molar-refractivity contribution in [1.29, 1.82) is 0 Å². The number of carbonyl (C=O) groups excluding carboxylic acids is 2. The largest absolute Gasteiger partial charge is 0.340 e. The molecule has 4 nitrogen and oxygen atoms in total. The monoisotopic (exact) mass is 402 g/mol. The van der Waals surface area contributed by atoms with Gasteiger partial charge in [0, 0.05) is 42.2 Å². The van der Waals surface area contributed by atoms with Crippen molar-refractivity contribution < 1.29 is 9.59 Å². The highest BCUT2D eigenvalue weighted by atomic mass is 32.1. The van der Waals surface area contributed by atoms with Gasteiger partial charge in [0.2, 0.25) is 11.8 Å². The van der Waals surface area contributed by atoms with E-state index in [1.807, 2.05) is 17.0 Å². The summed E-state index contributed by atoms with van der Waals surface area (Å²) in [6.07, 6.45) is 5.00. The van der Waals surface area contributed by atoms with Crippen molar-refractivity contribution >= 4 is 34.5 Å². The highest BCUT2D eigenvalue weighted by molar-refractivity contribution is 7.10. The van der Waals surface area contributed by atoms with Gasteiger partial charge in [0.05, 0.1) is 6.04 Å².